The zero-order valence-corrected chi connectivity index (χ0v) is 10.2. The van der Waals surface area contributed by atoms with E-state index < -0.39 is 0 Å². The third-order valence-corrected chi connectivity index (χ3v) is 3.80. The molecule has 0 spiro atoms. The molecule has 2 aliphatic rings. The number of rotatable bonds is 2. The molecule has 0 unspecified atom stereocenters. The van der Waals surface area contributed by atoms with E-state index in [2.05, 4.69) is 29.3 Å². The van der Waals surface area contributed by atoms with E-state index in [1.807, 2.05) is 0 Å². The van der Waals surface area contributed by atoms with Crippen LogP contribution in [0, 0.1) is 5.92 Å². The number of piperazine rings is 1. The van der Waals surface area contributed by atoms with Crippen LogP contribution in [0.3, 0.4) is 0 Å². The summed E-state index contributed by atoms with van der Waals surface area (Å²) in [6.45, 7) is 7.16. The summed E-state index contributed by atoms with van der Waals surface area (Å²) in [6, 6.07) is 0.747. The smallest absolute Gasteiger partial charge is 0.0259 e. The largest absolute Gasteiger partial charge is 0.304 e. The molecule has 3 nitrogen and oxygen atoms in total. The Labute approximate surface area is 93.8 Å². The lowest BCUT2D eigenvalue weighted by atomic mass is 9.87. The number of likely N-dealkylation sites (N-methyl/N-ethyl adjacent to an activating group) is 1. The molecule has 0 aromatic rings. The zero-order chi connectivity index (χ0) is 10.7. The first-order valence-electron chi connectivity index (χ1n) is 6.43. The second-order valence-corrected chi connectivity index (χ2v) is 5.39. The highest BCUT2D eigenvalue weighted by Crippen LogP contribution is 2.23. The average molecular weight is 211 g/mol. The maximum absolute atomic E-state index is 3.72. The molecule has 1 saturated carbocycles. The van der Waals surface area contributed by atoms with Crippen molar-refractivity contribution in [2.24, 2.45) is 5.92 Å². The predicted molar refractivity (Wildman–Crippen MR) is 63.6 cm³/mol. The molecule has 88 valence electrons. The van der Waals surface area contributed by atoms with Gasteiger partial charge in [-0.1, -0.05) is 19.8 Å². The Kier molecular flexibility index (Phi) is 4.00. The summed E-state index contributed by atoms with van der Waals surface area (Å²) in [5.41, 5.74) is 3.72. The Balaban J connectivity index is 1.71. The van der Waals surface area contributed by atoms with Crippen molar-refractivity contribution in [1.82, 2.24) is 15.3 Å². The van der Waals surface area contributed by atoms with Crippen LogP contribution in [0.2, 0.25) is 0 Å². The number of hydrazine groups is 1. The fraction of sp³-hybridized carbons (Fsp3) is 1.00. The van der Waals surface area contributed by atoms with Gasteiger partial charge < -0.3 is 4.90 Å². The topological polar surface area (TPSA) is 18.5 Å². The number of nitrogens with one attached hydrogen (secondary N) is 1. The molecule has 1 heterocycles. The van der Waals surface area contributed by atoms with Gasteiger partial charge in [-0.15, -0.1) is 0 Å². The van der Waals surface area contributed by atoms with E-state index in [0.29, 0.717) is 0 Å². The lowest BCUT2D eigenvalue weighted by Crippen LogP contribution is -2.54. The van der Waals surface area contributed by atoms with Crippen molar-refractivity contribution >= 4 is 0 Å². The second kappa shape index (κ2) is 5.28. The Morgan fingerprint density at radius 3 is 2.47 bits per heavy atom. The molecule has 1 saturated heterocycles. The van der Waals surface area contributed by atoms with Gasteiger partial charge in [0.1, 0.15) is 0 Å². The lowest BCUT2D eigenvalue weighted by Gasteiger charge is -2.37. The first-order chi connectivity index (χ1) is 7.24. The van der Waals surface area contributed by atoms with Crippen LogP contribution in [-0.4, -0.2) is 49.2 Å². The minimum absolute atomic E-state index is 0.747. The third-order valence-electron chi connectivity index (χ3n) is 3.80. The van der Waals surface area contributed by atoms with Crippen molar-refractivity contribution in [1.29, 1.82) is 0 Å². The highest BCUT2D eigenvalue weighted by Gasteiger charge is 2.22. The Morgan fingerprint density at radius 1 is 1.07 bits per heavy atom. The average Bonchev–Trinajstić information content (AvgIpc) is 2.22. The van der Waals surface area contributed by atoms with Crippen LogP contribution < -0.4 is 5.43 Å². The van der Waals surface area contributed by atoms with Crippen LogP contribution in [0.15, 0.2) is 0 Å². The van der Waals surface area contributed by atoms with Crippen molar-refractivity contribution in [2.45, 2.75) is 38.6 Å². The molecule has 2 fully saturated rings. The van der Waals surface area contributed by atoms with Gasteiger partial charge in [-0.05, 0) is 25.8 Å². The lowest BCUT2D eigenvalue weighted by molar-refractivity contribution is 0.0728. The van der Waals surface area contributed by atoms with Crippen molar-refractivity contribution in [3.05, 3.63) is 0 Å². The Morgan fingerprint density at radius 2 is 1.80 bits per heavy atom. The van der Waals surface area contributed by atoms with Crippen LogP contribution in [0.5, 0.6) is 0 Å². The number of hydrogen-bond donors (Lipinski definition) is 1. The summed E-state index contributed by atoms with van der Waals surface area (Å²) >= 11 is 0. The first-order valence-corrected chi connectivity index (χ1v) is 6.43. The number of nitrogens with zero attached hydrogens (tertiary/aromatic N) is 2. The summed E-state index contributed by atoms with van der Waals surface area (Å²) in [6.07, 6.45) is 5.58. The standard InChI is InChI=1S/C12H25N3/c1-11-4-3-5-12(10-11)13-15-8-6-14(2)7-9-15/h11-13H,3-10H2,1-2H3/t11-,12+/m1/s1. The zero-order valence-electron chi connectivity index (χ0n) is 10.2. The van der Waals surface area contributed by atoms with E-state index in [9.17, 15) is 0 Å². The first kappa shape index (κ1) is 11.4. The van der Waals surface area contributed by atoms with E-state index in [-0.39, 0.29) is 0 Å². The molecule has 1 aliphatic carbocycles. The highest BCUT2D eigenvalue weighted by molar-refractivity contribution is 4.76. The van der Waals surface area contributed by atoms with Crippen molar-refractivity contribution < 1.29 is 0 Å². The van der Waals surface area contributed by atoms with Crippen LogP contribution in [-0.2, 0) is 0 Å². The SMILES string of the molecule is C[C@@H]1CCC[C@H](NN2CCN(C)CC2)C1. The molecule has 1 aliphatic heterocycles. The van der Waals surface area contributed by atoms with E-state index in [1.165, 1.54) is 51.9 Å². The van der Waals surface area contributed by atoms with Crippen LogP contribution in [0.4, 0.5) is 0 Å². The molecule has 15 heavy (non-hydrogen) atoms. The van der Waals surface area contributed by atoms with Gasteiger partial charge in [0.2, 0.25) is 0 Å². The molecule has 2 rings (SSSR count). The number of hydrogen-bond acceptors (Lipinski definition) is 3. The van der Waals surface area contributed by atoms with Gasteiger partial charge in [0.15, 0.2) is 0 Å². The maximum atomic E-state index is 3.72. The van der Waals surface area contributed by atoms with Crippen molar-refractivity contribution in [2.75, 3.05) is 33.2 Å². The van der Waals surface area contributed by atoms with Crippen molar-refractivity contribution in [3.8, 4) is 0 Å². The molecule has 3 heteroatoms. The van der Waals surface area contributed by atoms with Gasteiger partial charge >= 0.3 is 0 Å². The van der Waals surface area contributed by atoms with Crippen LogP contribution >= 0.6 is 0 Å². The highest BCUT2D eigenvalue weighted by atomic mass is 15.5. The van der Waals surface area contributed by atoms with Gasteiger partial charge in [0.25, 0.3) is 0 Å². The molecule has 2 atom stereocenters. The quantitative estimate of drug-likeness (QED) is 0.743. The minimum atomic E-state index is 0.747. The van der Waals surface area contributed by atoms with E-state index in [0.717, 1.165) is 12.0 Å². The summed E-state index contributed by atoms with van der Waals surface area (Å²) < 4.78 is 0. The van der Waals surface area contributed by atoms with E-state index in [1.54, 1.807) is 0 Å². The Bertz CT molecular complexity index is 187. The third kappa shape index (κ3) is 3.44. The van der Waals surface area contributed by atoms with Crippen LogP contribution in [0.1, 0.15) is 32.6 Å². The molecule has 0 aromatic carbocycles. The van der Waals surface area contributed by atoms with Crippen molar-refractivity contribution in [3.63, 3.8) is 0 Å². The molecular formula is C12H25N3. The summed E-state index contributed by atoms with van der Waals surface area (Å²) in [5, 5.41) is 2.43. The van der Waals surface area contributed by atoms with E-state index >= 15 is 0 Å². The molecule has 0 radical (unpaired) electrons. The summed E-state index contributed by atoms with van der Waals surface area (Å²) in [4.78, 5) is 2.40. The minimum Gasteiger partial charge on any atom is -0.304 e. The summed E-state index contributed by atoms with van der Waals surface area (Å²) in [7, 11) is 2.21. The normalized spacial score (nSPS) is 35.6. The van der Waals surface area contributed by atoms with E-state index in [4.69, 9.17) is 0 Å². The molecule has 0 amide bonds. The van der Waals surface area contributed by atoms with Crippen LogP contribution in [0.25, 0.3) is 0 Å². The molecule has 1 N–H and O–H groups in total. The summed E-state index contributed by atoms with van der Waals surface area (Å²) in [5.74, 6) is 0.920. The van der Waals surface area contributed by atoms with Gasteiger partial charge in [0.05, 0.1) is 0 Å². The predicted octanol–water partition coefficient (Wildman–Crippen LogP) is 1.32. The van der Waals surface area contributed by atoms with Gasteiger partial charge in [0, 0.05) is 32.2 Å². The second-order valence-electron chi connectivity index (χ2n) is 5.39. The maximum Gasteiger partial charge on any atom is 0.0259 e. The fourth-order valence-corrected chi connectivity index (χ4v) is 2.75. The van der Waals surface area contributed by atoms with Gasteiger partial charge in [-0.3, -0.25) is 5.43 Å². The fourth-order valence-electron chi connectivity index (χ4n) is 2.75. The molecule has 0 aromatic heterocycles. The molecular weight excluding hydrogens is 186 g/mol. The van der Waals surface area contributed by atoms with Gasteiger partial charge in [-0.2, -0.15) is 0 Å². The monoisotopic (exact) mass is 211 g/mol. The molecule has 0 bridgehead atoms. The Hall–Kier alpha value is -0.120. The van der Waals surface area contributed by atoms with Gasteiger partial charge in [-0.25, -0.2) is 5.01 Å².